The van der Waals surface area contributed by atoms with Gasteiger partial charge in [-0.1, -0.05) is 0 Å². The Labute approximate surface area is 101 Å². The summed E-state index contributed by atoms with van der Waals surface area (Å²) in [6.45, 7) is 1.46. The van der Waals surface area contributed by atoms with Gasteiger partial charge in [0, 0.05) is 32.7 Å². The fraction of sp³-hybridized carbons (Fsp3) is 0.900. The van der Waals surface area contributed by atoms with Crippen molar-refractivity contribution in [2.45, 2.75) is 18.5 Å². The quantitative estimate of drug-likeness (QED) is 0.678. The fourth-order valence-corrected chi connectivity index (χ4v) is 4.46. The van der Waals surface area contributed by atoms with Gasteiger partial charge in [-0.15, -0.1) is 0 Å². The van der Waals surface area contributed by atoms with Crippen molar-refractivity contribution in [3.63, 3.8) is 0 Å². The summed E-state index contributed by atoms with van der Waals surface area (Å²) < 4.78 is 28.2. The molecule has 2 aliphatic heterocycles. The SMILES string of the molecule is COCCN1C(=O)CCNC2CS(=O)(=O)CC21. The molecule has 0 aromatic heterocycles. The van der Waals surface area contributed by atoms with E-state index in [2.05, 4.69) is 5.32 Å². The second-order valence-electron chi connectivity index (χ2n) is 4.53. The van der Waals surface area contributed by atoms with Crippen LogP contribution in [0.3, 0.4) is 0 Å². The predicted molar refractivity (Wildman–Crippen MR) is 62.4 cm³/mol. The van der Waals surface area contributed by atoms with Gasteiger partial charge in [0.05, 0.1) is 24.2 Å². The molecule has 2 fully saturated rings. The van der Waals surface area contributed by atoms with Crippen LogP contribution >= 0.6 is 0 Å². The summed E-state index contributed by atoms with van der Waals surface area (Å²) >= 11 is 0. The van der Waals surface area contributed by atoms with Crippen molar-refractivity contribution < 1.29 is 17.9 Å². The Morgan fingerprint density at radius 2 is 2.24 bits per heavy atom. The van der Waals surface area contributed by atoms with Gasteiger partial charge in [-0.3, -0.25) is 4.79 Å². The van der Waals surface area contributed by atoms with Crippen molar-refractivity contribution in [1.82, 2.24) is 10.2 Å². The average Bonchev–Trinajstić information content (AvgIpc) is 2.47. The molecule has 1 amide bonds. The van der Waals surface area contributed by atoms with Crippen LogP contribution in [-0.4, -0.2) is 69.6 Å². The minimum Gasteiger partial charge on any atom is -0.383 e. The molecule has 2 heterocycles. The highest BCUT2D eigenvalue weighted by Gasteiger charge is 2.43. The summed E-state index contributed by atoms with van der Waals surface area (Å²) in [4.78, 5) is 13.6. The Bertz CT molecular complexity index is 395. The highest BCUT2D eigenvalue weighted by molar-refractivity contribution is 7.91. The number of hydrogen-bond acceptors (Lipinski definition) is 5. The van der Waals surface area contributed by atoms with Crippen LogP contribution in [0.25, 0.3) is 0 Å². The number of ether oxygens (including phenoxy) is 1. The summed E-state index contributed by atoms with van der Waals surface area (Å²) in [7, 11) is -1.45. The minimum absolute atomic E-state index is 0.0131. The second kappa shape index (κ2) is 4.91. The minimum atomic E-state index is -3.02. The van der Waals surface area contributed by atoms with Crippen molar-refractivity contribution in [3.05, 3.63) is 0 Å². The van der Waals surface area contributed by atoms with Gasteiger partial charge in [-0.2, -0.15) is 0 Å². The molecule has 0 bridgehead atoms. The molecule has 98 valence electrons. The second-order valence-corrected chi connectivity index (χ2v) is 6.69. The zero-order chi connectivity index (χ0) is 12.5. The lowest BCUT2D eigenvalue weighted by molar-refractivity contribution is -0.133. The van der Waals surface area contributed by atoms with E-state index < -0.39 is 9.84 Å². The number of amides is 1. The van der Waals surface area contributed by atoms with Crippen LogP contribution in [0.15, 0.2) is 0 Å². The molecular formula is C10H18N2O4S. The van der Waals surface area contributed by atoms with E-state index in [0.29, 0.717) is 26.1 Å². The Morgan fingerprint density at radius 1 is 1.47 bits per heavy atom. The van der Waals surface area contributed by atoms with Crippen molar-refractivity contribution in [2.24, 2.45) is 0 Å². The highest BCUT2D eigenvalue weighted by Crippen LogP contribution is 2.21. The number of nitrogens with one attached hydrogen (secondary N) is 1. The molecule has 2 unspecified atom stereocenters. The first kappa shape index (κ1) is 12.8. The third-order valence-electron chi connectivity index (χ3n) is 3.33. The Kier molecular flexibility index (Phi) is 3.70. The van der Waals surface area contributed by atoms with Crippen molar-refractivity contribution >= 4 is 15.7 Å². The van der Waals surface area contributed by atoms with Gasteiger partial charge in [0.15, 0.2) is 9.84 Å². The number of sulfone groups is 1. The van der Waals surface area contributed by atoms with Gasteiger partial charge in [0.2, 0.25) is 5.91 Å². The number of carbonyl (C=O) groups excluding carboxylic acids is 1. The molecule has 2 aliphatic rings. The number of methoxy groups -OCH3 is 1. The maximum atomic E-state index is 11.9. The molecule has 2 saturated heterocycles. The number of fused-ring (bicyclic) bond motifs is 1. The lowest BCUT2D eigenvalue weighted by atomic mass is 10.1. The first-order chi connectivity index (χ1) is 8.03. The van der Waals surface area contributed by atoms with Crippen LogP contribution in [-0.2, 0) is 19.4 Å². The topological polar surface area (TPSA) is 75.7 Å². The zero-order valence-corrected chi connectivity index (χ0v) is 10.7. The molecule has 2 rings (SSSR count). The first-order valence-corrected chi connectivity index (χ1v) is 7.58. The fourth-order valence-electron chi connectivity index (χ4n) is 2.50. The lowest BCUT2D eigenvalue weighted by Gasteiger charge is -2.29. The molecule has 0 aromatic rings. The molecule has 0 aliphatic carbocycles. The summed E-state index contributed by atoms with van der Waals surface area (Å²) in [5.74, 6) is 0.216. The molecule has 17 heavy (non-hydrogen) atoms. The monoisotopic (exact) mass is 262 g/mol. The molecular weight excluding hydrogens is 244 g/mol. The number of nitrogens with zero attached hydrogens (tertiary/aromatic N) is 1. The van der Waals surface area contributed by atoms with E-state index in [1.807, 2.05) is 0 Å². The Hall–Kier alpha value is -0.660. The molecule has 2 atom stereocenters. The van der Waals surface area contributed by atoms with E-state index in [0.717, 1.165) is 0 Å². The van der Waals surface area contributed by atoms with E-state index in [9.17, 15) is 13.2 Å². The smallest absolute Gasteiger partial charge is 0.224 e. The van der Waals surface area contributed by atoms with Gasteiger partial charge in [0.1, 0.15) is 0 Å². The van der Waals surface area contributed by atoms with E-state index >= 15 is 0 Å². The van der Waals surface area contributed by atoms with Crippen molar-refractivity contribution in [1.29, 1.82) is 0 Å². The van der Waals surface area contributed by atoms with E-state index in [1.165, 1.54) is 0 Å². The van der Waals surface area contributed by atoms with Crippen LogP contribution < -0.4 is 5.32 Å². The number of carbonyl (C=O) groups is 1. The van der Waals surface area contributed by atoms with Gasteiger partial charge < -0.3 is 15.0 Å². The van der Waals surface area contributed by atoms with Gasteiger partial charge >= 0.3 is 0 Å². The molecule has 0 saturated carbocycles. The predicted octanol–water partition coefficient (Wildman–Crippen LogP) is -1.38. The molecule has 6 nitrogen and oxygen atoms in total. The number of rotatable bonds is 3. The number of hydrogen-bond donors (Lipinski definition) is 1. The molecule has 7 heteroatoms. The van der Waals surface area contributed by atoms with E-state index in [1.54, 1.807) is 12.0 Å². The standard InChI is InChI=1S/C10H18N2O4S/c1-16-5-4-12-9-7-17(14,15)6-8(9)11-3-2-10(12)13/h8-9,11H,2-7H2,1H3. The van der Waals surface area contributed by atoms with Crippen LogP contribution in [0.1, 0.15) is 6.42 Å². The Balaban J connectivity index is 2.17. The van der Waals surface area contributed by atoms with Gasteiger partial charge in [0.25, 0.3) is 0 Å². The van der Waals surface area contributed by atoms with Crippen LogP contribution in [0, 0.1) is 0 Å². The molecule has 1 N–H and O–H groups in total. The molecule has 0 radical (unpaired) electrons. The molecule has 0 aromatic carbocycles. The third kappa shape index (κ3) is 2.78. The van der Waals surface area contributed by atoms with E-state index in [-0.39, 0.29) is 29.5 Å². The first-order valence-electron chi connectivity index (χ1n) is 5.76. The summed E-state index contributed by atoms with van der Waals surface area (Å²) in [6, 6.07) is -0.353. The maximum absolute atomic E-state index is 11.9. The largest absolute Gasteiger partial charge is 0.383 e. The maximum Gasteiger partial charge on any atom is 0.224 e. The summed E-state index contributed by atoms with van der Waals surface area (Å²) in [5, 5.41) is 3.15. The molecule has 0 spiro atoms. The Morgan fingerprint density at radius 3 is 2.94 bits per heavy atom. The van der Waals surface area contributed by atoms with Crippen LogP contribution in [0.2, 0.25) is 0 Å². The summed E-state index contributed by atoms with van der Waals surface area (Å²) in [5.41, 5.74) is 0. The lowest BCUT2D eigenvalue weighted by Crippen LogP contribution is -2.49. The zero-order valence-electron chi connectivity index (χ0n) is 9.89. The van der Waals surface area contributed by atoms with Crippen molar-refractivity contribution in [2.75, 3.05) is 38.3 Å². The van der Waals surface area contributed by atoms with Crippen LogP contribution in [0.5, 0.6) is 0 Å². The van der Waals surface area contributed by atoms with Crippen molar-refractivity contribution in [3.8, 4) is 0 Å². The average molecular weight is 262 g/mol. The summed E-state index contributed by atoms with van der Waals surface area (Å²) in [6.07, 6.45) is 0.427. The van der Waals surface area contributed by atoms with Gasteiger partial charge in [-0.05, 0) is 0 Å². The van der Waals surface area contributed by atoms with Crippen LogP contribution in [0.4, 0.5) is 0 Å². The normalized spacial score (nSPS) is 32.3. The highest BCUT2D eigenvalue weighted by atomic mass is 32.2. The van der Waals surface area contributed by atoms with Gasteiger partial charge in [-0.25, -0.2) is 8.42 Å². The third-order valence-corrected chi connectivity index (χ3v) is 5.04. The van der Waals surface area contributed by atoms with E-state index in [4.69, 9.17) is 4.74 Å².